The van der Waals surface area contributed by atoms with Crippen molar-refractivity contribution >= 4 is 0 Å². The zero-order valence-electron chi connectivity index (χ0n) is 12.7. The van der Waals surface area contributed by atoms with Crippen molar-refractivity contribution < 1.29 is 9.13 Å². The Morgan fingerprint density at radius 3 is 2.82 bits per heavy atom. The van der Waals surface area contributed by atoms with Gasteiger partial charge in [-0.15, -0.1) is 0 Å². The van der Waals surface area contributed by atoms with Gasteiger partial charge in [-0.1, -0.05) is 0 Å². The number of nitrogens with zero attached hydrogens (tertiary/aromatic N) is 2. The second-order valence-corrected chi connectivity index (χ2v) is 5.18. The number of rotatable bonds is 5. The Labute approximate surface area is 126 Å². The van der Waals surface area contributed by atoms with E-state index in [1.807, 2.05) is 6.92 Å². The fourth-order valence-electron chi connectivity index (χ4n) is 2.05. The van der Waals surface area contributed by atoms with E-state index in [1.165, 1.54) is 23.0 Å². The van der Waals surface area contributed by atoms with Gasteiger partial charge in [0.25, 0.3) is 5.56 Å². The average Bonchev–Trinajstić information content (AvgIpc) is 2.49. The highest BCUT2D eigenvalue weighted by molar-refractivity contribution is 5.61. The van der Waals surface area contributed by atoms with Crippen molar-refractivity contribution in [1.82, 2.24) is 14.5 Å². The van der Waals surface area contributed by atoms with Gasteiger partial charge in [-0.25, -0.2) is 9.78 Å². The van der Waals surface area contributed by atoms with E-state index in [1.54, 1.807) is 14.0 Å². The van der Waals surface area contributed by atoms with E-state index < -0.39 is 17.2 Å². The van der Waals surface area contributed by atoms with Crippen LogP contribution in [0.2, 0.25) is 0 Å². The molecule has 1 atom stereocenters. The van der Waals surface area contributed by atoms with Crippen molar-refractivity contribution in [3.05, 3.63) is 50.8 Å². The molecule has 22 heavy (non-hydrogen) atoms. The maximum Gasteiger partial charge on any atom is 0.328 e. The highest BCUT2D eigenvalue weighted by Crippen LogP contribution is 2.18. The van der Waals surface area contributed by atoms with Crippen LogP contribution >= 0.6 is 0 Å². The SMILES string of the molecule is COC(C)CCn1cc(-c2cc(C)cnc2F)c(=O)[nH]c1=O. The first-order chi connectivity index (χ1) is 10.4. The van der Waals surface area contributed by atoms with Gasteiger partial charge in [-0.2, -0.15) is 4.39 Å². The van der Waals surface area contributed by atoms with Gasteiger partial charge >= 0.3 is 5.69 Å². The Hall–Kier alpha value is -2.28. The summed E-state index contributed by atoms with van der Waals surface area (Å²) in [5, 5.41) is 0. The molecule has 1 unspecified atom stereocenters. The molecule has 2 rings (SSSR count). The number of aromatic amines is 1. The molecule has 0 aliphatic carbocycles. The molecule has 1 N–H and O–H groups in total. The van der Waals surface area contributed by atoms with E-state index >= 15 is 0 Å². The van der Waals surface area contributed by atoms with Crippen molar-refractivity contribution in [2.24, 2.45) is 0 Å². The van der Waals surface area contributed by atoms with Crippen molar-refractivity contribution in [2.45, 2.75) is 32.9 Å². The molecule has 0 saturated carbocycles. The van der Waals surface area contributed by atoms with E-state index in [-0.39, 0.29) is 17.2 Å². The Balaban J connectivity index is 2.46. The van der Waals surface area contributed by atoms with Gasteiger partial charge in [0, 0.05) is 31.6 Å². The Kier molecular flexibility index (Phi) is 4.87. The maximum atomic E-state index is 13.9. The zero-order valence-corrected chi connectivity index (χ0v) is 12.7. The summed E-state index contributed by atoms with van der Waals surface area (Å²) in [5.41, 5.74) is -0.278. The first-order valence-electron chi connectivity index (χ1n) is 6.91. The second-order valence-electron chi connectivity index (χ2n) is 5.18. The van der Waals surface area contributed by atoms with Crippen LogP contribution in [0.1, 0.15) is 18.9 Å². The molecule has 0 radical (unpaired) electrons. The number of hydrogen-bond donors (Lipinski definition) is 1. The molecule has 0 aliphatic rings. The highest BCUT2D eigenvalue weighted by atomic mass is 19.1. The number of pyridine rings is 1. The summed E-state index contributed by atoms with van der Waals surface area (Å²) >= 11 is 0. The van der Waals surface area contributed by atoms with Crippen LogP contribution in [-0.4, -0.2) is 27.7 Å². The van der Waals surface area contributed by atoms with Gasteiger partial charge in [0.05, 0.1) is 11.7 Å². The number of nitrogens with one attached hydrogen (secondary N) is 1. The van der Waals surface area contributed by atoms with Gasteiger partial charge in [0.1, 0.15) is 0 Å². The monoisotopic (exact) mass is 307 g/mol. The van der Waals surface area contributed by atoms with Crippen molar-refractivity contribution in [2.75, 3.05) is 7.11 Å². The summed E-state index contributed by atoms with van der Waals surface area (Å²) in [7, 11) is 1.58. The molecular formula is C15H18FN3O3. The van der Waals surface area contributed by atoms with E-state index in [0.29, 0.717) is 13.0 Å². The Morgan fingerprint density at radius 2 is 2.14 bits per heavy atom. The van der Waals surface area contributed by atoms with Crippen molar-refractivity contribution in [3.8, 4) is 11.1 Å². The molecule has 0 bridgehead atoms. The predicted molar refractivity (Wildman–Crippen MR) is 80.3 cm³/mol. The molecule has 6 nitrogen and oxygen atoms in total. The second kappa shape index (κ2) is 6.65. The lowest BCUT2D eigenvalue weighted by molar-refractivity contribution is 0.106. The Bertz CT molecular complexity index is 782. The molecule has 0 aromatic carbocycles. The third-order valence-corrected chi connectivity index (χ3v) is 3.46. The van der Waals surface area contributed by atoms with Gasteiger partial charge in [-0.3, -0.25) is 14.3 Å². The topological polar surface area (TPSA) is 77.0 Å². The number of aryl methyl sites for hydroxylation is 2. The normalized spacial score (nSPS) is 12.4. The number of H-pyrrole nitrogens is 1. The van der Waals surface area contributed by atoms with Gasteiger partial charge < -0.3 is 4.74 Å². The molecule has 118 valence electrons. The number of aromatic nitrogens is 3. The predicted octanol–water partition coefficient (Wildman–Crippen LogP) is 1.47. The van der Waals surface area contributed by atoms with Crippen LogP contribution in [0.5, 0.6) is 0 Å². The summed E-state index contributed by atoms with van der Waals surface area (Å²) in [6, 6.07) is 1.53. The summed E-state index contributed by atoms with van der Waals surface area (Å²) < 4.78 is 20.3. The molecule has 0 aliphatic heterocycles. The summed E-state index contributed by atoms with van der Waals surface area (Å²) in [6.07, 6.45) is 3.31. The molecule has 2 heterocycles. The molecule has 0 spiro atoms. The quantitative estimate of drug-likeness (QED) is 0.849. The highest BCUT2D eigenvalue weighted by Gasteiger charge is 2.13. The average molecular weight is 307 g/mol. The van der Waals surface area contributed by atoms with E-state index in [0.717, 1.165) is 5.56 Å². The number of ether oxygens (including phenoxy) is 1. The van der Waals surface area contributed by atoms with Crippen LogP contribution in [-0.2, 0) is 11.3 Å². The molecule has 0 amide bonds. The smallest absolute Gasteiger partial charge is 0.328 e. The minimum absolute atomic E-state index is 0.0281. The lowest BCUT2D eigenvalue weighted by atomic mass is 10.1. The number of halogens is 1. The Morgan fingerprint density at radius 1 is 1.41 bits per heavy atom. The van der Waals surface area contributed by atoms with Crippen LogP contribution in [0.15, 0.2) is 28.0 Å². The molecular weight excluding hydrogens is 289 g/mol. The van der Waals surface area contributed by atoms with Gasteiger partial charge in [0.15, 0.2) is 0 Å². The van der Waals surface area contributed by atoms with Crippen LogP contribution in [0.4, 0.5) is 4.39 Å². The summed E-state index contributed by atoms with van der Waals surface area (Å²) in [6.45, 7) is 3.99. The van der Waals surface area contributed by atoms with Crippen LogP contribution < -0.4 is 11.2 Å². The fourth-order valence-corrected chi connectivity index (χ4v) is 2.05. The lowest BCUT2D eigenvalue weighted by Crippen LogP contribution is -2.31. The molecule has 0 saturated heterocycles. The minimum Gasteiger partial charge on any atom is -0.382 e. The fraction of sp³-hybridized carbons (Fsp3) is 0.400. The largest absolute Gasteiger partial charge is 0.382 e. The number of hydrogen-bond acceptors (Lipinski definition) is 4. The zero-order chi connectivity index (χ0) is 16.3. The third kappa shape index (κ3) is 3.48. The van der Waals surface area contributed by atoms with E-state index in [2.05, 4.69) is 9.97 Å². The van der Waals surface area contributed by atoms with Crippen LogP contribution in [0, 0.1) is 12.9 Å². The standard InChI is InChI=1S/C15H18FN3O3/c1-9-6-11(13(16)17-7-9)12-8-19(5-4-10(2)22-3)15(21)18-14(12)20/h6-8,10H,4-5H2,1-3H3,(H,18,20,21). The molecule has 0 fully saturated rings. The first-order valence-corrected chi connectivity index (χ1v) is 6.91. The number of methoxy groups -OCH3 is 1. The van der Waals surface area contributed by atoms with E-state index in [9.17, 15) is 14.0 Å². The molecule has 7 heteroatoms. The van der Waals surface area contributed by atoms with Crippen LogP contribution in [0.25, 0.3) is 11.1 Å². The van der Waals surface area contributed by atoms with E-state index in [4.69, 9.17) is 4.74 Å². The molecule has 2 aromatic rings. The summed E-state index contributed by atoms with van der Waals surface area (Å²) in [4.78, 5) is 29.6. The van der Waals surface area contributed by atoms with Crippen LogP contribution in [0.3, 0.4) is 0 Å². The van der Waals surface area contributed by atoms with Gasteiger partial charge in [-0.05, 0) is 31.9 Å². The first kappa shape index (κ1) is 16.1. The minimum atomic E-state index is -0.744. The molecule has 2 aromatic heterocycles. The van der Waals surface area contributed by atoms with Gasteiger partial charge in [0.2, 0.25) is 5.95 Å². The maximum absolute atomic E-state index is 13.9. The van der Waals surface area contributed by atoms with Crippen molar-refractivity contribution in [3.63, 3.8) is 0 Å². The summed E-state index contributed by atoms with van der Waals surface area (Å²) in [5.74, 6) is -0.744. The van der Waals surface area contributed by atoms with Crippen molar-refractivity contribution in [1.29, 1.82) is 0 Å². The third-order valence-electron chi connectivity index (χ3n) is 3.46. The lowest BCUT2D eigenvalue weighted by Gasteiger charge is -2.11.